The van der Waals surface area contributed by atoms with E-state index in [9.17, 15) is 9.18 Å². The second-order valence-corrected chi connectivity index (χ2v) is 6.75. The maximum atomic E-state index is 13.2. The first-order valence-electron chi connectivity index (χ1n) is 8.25. The van der Waals surface area contributed by atoms with Crippen molar-refractivity contribution >= 4 is 28.5 Å². The summed E-state index contributed by atoms with van der Waals surface area (Å²) in [6.07, 6.45) is 1.45. The number of amides is 1. The molecular formula is C18H20ClFN5O+. The van der Waals surface area contributed by atoms with Crippen molar-refractivity contribution in [3.05, 3.63) is 52.6 Å². The Morgan fingerprint density at radius 1 is 1.31 bits per heavy atom. The Hall–Kier alpha value is -2.51. The Morgan fingerprint density at radius 2 is 2.00 bits per heavy atom. The van der Waals surface area contributed by atoms with Gasteiger partial charge in [0.1, 0.15) is 5.82 Å². The molecule has 0 aliphatic rings. The van der Waals surface area contributed by atoms with E-state index in [2.05, 4.69) is 15.4 Å². The molecule has 2 heterocycles. The molecule has 0 atom stereocenters. The first-order chi connectivity index (χ1) is 12.4. The van der Waals surface area contributed by atoms with Gasteiger partial charge in [0.15, 0.2) is 5.65 Å². The number of aryl methyl sites for hydroxylation is 1. The summed E-state index contributed by atoms with van der Waals surface area (Å²) in [5, 5.41) is 8.22. The number of quaternary nitrogens is 1. The standard InChI is InChI=1S/C18H19ClFN5O/c1-11-15-16(19)14(18(26)21-8-9-24(2)3)10-22-17(15)25(23-11)13-6-4-12(20)5-7-13/h4-7,10H,8-9H2,1-3H3,(H,21,26)/p+1. The van der Waals surface area contributed by atoms with Crippen molar-refractivity contribution < 1.29 is 14.1 Å². The minimum absolute atomic E-state index is 0.264. The molecule has 0 aliphatic heterocycles. The molecular weight excluding hydrogens is 357 g/mol. The highest BCUT2D eigenvalue weighted by Crippen LogP contribution is 2.29. The molecule has 2 aromatic heterocycles. The molecule has 3 rings (SSSR count). The number of carbonyl (C=O) groups excluding carboxylic acids is 1. The fourth-order valence-electron chi connectivity index (χ4n) is 2.65. The lowest BCUT2D eigenvalue weighted by Crippen LogP contribution is -3.06. The van der Waals surface area contributed by atoms with Crippen LogP contribution in [-0.4, -0.2) is 47.9 Å². The van der Waals surface area contributed by atoms with Crippen LogP contribution in [0.15, 0.2) is 30.5 Å². The first-order valence-corrected chi connectivity index (χ1v) is 8.63. The molecule has 0 aliphatic carbocycles. The number of rotatable bonds is 5. The predicted molar refractivity (Wildman–Crippen MR) is 98.6 cm³/mol. The number of nitrogens with zero attached hydrogens (tertiary/aromatic N) is 3. The van der Waals surface area contributed by atoms with Crippen molar-refractivity contribution in [2.75, 3.05) is 27.2 Å². The van der Waals surface area contributed by atoms with Crippen molar-refractivity contribution in [2.45, 2.75) is 6.92 Å². The van der Waals surface area contributed by atoms with Crippen LogP contribution in [0.25, 0.3) is 16.7 Å². The lowest BCUT2D eigenvalue weighted by Gasteiger charge is -2.10. The van der Waals surface area contributed by atoms with Crippen molar-refractivity contribution in [1.82, 2.24) is 20.1 Å². The molecule has 26 heavy (non-hydrogen) atoms. The number of carbonyl (C=O) groups is 1. The zero-order valence-corrected chi connectivity index (χ0v) is 15.6. The van der Waals surface area contributed by atoms with Gasteiger partial charge in [-0.1, -0.05) is 11.6 Å². The Kier molecular flexibility index (Phi) is 5.20. The molecule has 0 bridgehead atoms. The normalized spacial score (nSPS) is 11.3. The number of likely N-dealkylation sites (N-methyl/N-ethyl adjacent to an activating group) is 1. The molecule has 0 radical (unpaired) electrons. The molecule has 0 saturated heterocycles. The monoisotopic (exact) mass is 376 g/mol. The number of pyridine rings is 1. The summed E-state index contributed by atoms with van der Waals surface area (Å²) in [5.74, 6) is -0.592. The second kappa shape index (κ2) is 7.39. The summed E-state index contributed by atoms with van der Waals surface area (Å²) in [5.41, 5.74) is 2.15. The van der Waals surface area contributed by atoms with Crippen LogP contribution in [-0.2, 0) is 0 Å². The third-order valence-corrected chi connectivity index (χ3v) is 4.43. The Morgan fingerprint density at radius 3 is 2.65 bits per heavy atom. The molecule has 1 aromatic carbocycles. The fourth-order valence-corrected chi connectivity index (χ4v) is 3.01. The van der Waals surface area contributed by atoms with E-state index in [-0.39, 0.29) is 11.7 Å². The highest BCUT2D eigenvalue weighted by Gasteiger charge is 2.20. The van der Waals surface area contributed by atoms with Gasteiger partial charge in [-0.3, -0.25) is 4.79 Å². The number of hydrogen-bond acceptors (Lipinski definition) is 3. The minimum atomic E-state index is -0.327. The third-order valence-electron chi connectivity index (χ3n) is 4.03. The van der Waals surface area contributed by atoms with Gasteiger partial charge in [-0.05, 0) is 31.2 Å². The zero-order chi connectivity index (χ0) is 18.8. The number of aromatic nitrogens is 3. The summed E-state index contributed by atoms with van der Waals surface area (Å²) in [6, 6.07) is 5.94. The molecule has 0 fully saturated rings. The molecule has 3 aromatic rings. The van der Waals surface area contributed by atoms with Gasteiger partial charge in [-0.2, -0.15) is 5.10 Å². The van der Waals surface area contributed by atoms with E-state index < -0.39 is 0 Å². The van der Waals surface area contributed by atoms with E-state index >= 15 is 0 Å². The SMILES string of the molecule is Cc1nn(-c2ccc(F)cc2)c2ncc(C(=O)NCC[NH+](C)C)c(Cl)c12. The second-order valence-electron chi connectivity index (χ2n) is 6.37. The Balaban J connectivity index is 1.98. The van der Waals surface area contributed by atoms with Gasteiger partial charge in [0.05, 0.1) is 54.5 Å². The van der Waals surface area contributed by atoms with Crippen molar-refractivity contribution in [1.29, 1.82) is 0 Å². The largest absolute Gasteiger partial charge is 0.346 e. The quantitative estimate of drug-likeness (QED) is 0.707. The Labute approximate surface area is 155 Å². The van der Waals surface area contributed by atoms with Crippen LogP contribution in [0.2, 0.25) is 5.02 Å². The van der Waals surface area contributed by atoms with Crippen LogP contribution < -0.4 is 10.2 Å². The van der Waals surface area contributed by atoms with Gasteiger partial charge < -0.3 is 10.2 Å². The highest BCUT2D eigenvalue weighted by molar-refractivity contribution is 6.38. The number of fused-ring (bicyclic) bond motifs is 1. The number of benzene rings is 1. The molecule has 1 amide bonds. The molecule has 8 heteroatoms. The average Bonchev–Trinajstić information content (AvgIpc) is 2.93. The molecule has 0 spiro atoms. The van der Waals surface area contributed by atoms with Gasteiger partial charge >= 0.3 is 0 Å². The lowest BCUT2D eigenvalue weighted by molar-refractivity contribution is -0.856. The molecule has 136 valence electrons. The van der Waals surface area contributed by atoms with Crippen LogP contribution in [0.3, 0.4) is 0 Å². The highest BCUT2D eigenvalue weighted by atomic mass is 35.5. The number of halogens is 2. The maximum absolute atomic E-state index is 13.2. The predicted octanol–water partition coefficient (Wildman–Crippen LogP) is 1.40. The van der Waals surface area contributed by atoms with E-state index in [1.54, 1.807) is 23.7 Å². The van der Waals surface area contributed by atoms with Crippen molar-refractivity contribution in [3.8, 4) is 5.69 Å². The van der Waals surface area contributed by atoms with Crippen LogP contribution in [0.4, 0.5) is 4.39 Å². The fraction of sp³-hybridized carbons (Fsp3) is 0.278. The summed E-state index contributed by atoms with van der Waals surface area (Å²) in [4.78, 5) is 18.0. The number of nitrogens with one attached hydrogen (secondary N) is 2. The van der Waals surface area contributed by atoms with Crippen LogP contribution in [0, 0.1) is 12.7 Å². The van der Waals surface area contributed by atoms with E-state index in [1.807, 2.05) is 14.1 Å². The molecule has 6 nitrogen and oxygen atoms in total. The summed E-state index contributed by atoms with van der Waals surface area (Å²) in [7, 11) is 4.03. The van der Waals surface area contributed by atoms with E-state index in [1.165, 1.54) is 23.2 Å². The zero-order valence-electron chi connectivity index (χ0n) is 14.8. The summed E-state index contributed by atoms with van der Waals surface area (Å²) >= 11 is 6.49. The van der Waals surface area contributed by atoms with Gasteiger partial charge in [0.25, 0.3) is 5.91 Å². The molecule has 2 N–H and O–H groups in total. The van der Waals surface area contributed by atoms with Gasteiger partial charge in [0.2, 0.25) is 0 Å². The third kappa shape index (κ3) is 3.54. The van der Waals surface area contributed by atoms with Crippen molar-refractivity contribution in [3.63, 3.8) is 0 Å². The van der Waals surface area contributed by atoms with Crippen molar-refractivity contribution in [2.24, 2.45) is 0 Å². The maximum Gasteiger partial charge on any atom is 0.254 e. The molecule has 0 saturated carbocycles. The van der Waals surface area contributed by atoms with E-state index in [4.69, 9.17) is 11.6 Å². The minimum Gasteiger partial charge on any atom is -0.346 e. The molecule has 0 unspecified atom stereocenters. The Bertz CT molecular complexity index is 952. The first kappa shape index (κ1) is 18.3. The van der Waals surface area contributed by atoms with Crippen LogP contribution in [0.5, 0.6) is 0 Å². The van der Waals surface area contributed by atoms with Gasteiger partial charge in [0, 0.05) is 6.20 Å². The van der Waals surface area contributed by atoms with Gasteiger partial charge in [-0.25, -0.2) is 14.1 Å². The topological polar surface area (TPSA) is 64.2 Å². The average molecular weight is 377 g/mol. The lowest BCUT2D eigenvalue weighted by atomic mass is 10.2. The smallest absolute Gasteiger partial charge is 0.254 e. The van der Waals surface area contributed by atoms with Crippen LogP contribution >= 0.6 is 11.6 Å². The number of hydrogen-bond donors (Lipinski definition) is 2. The van der Waals surface area contributed by atoms with E-state index in [0.29, 0.717) is 39.5 Å². The van der Waals surface area contributed by atoms with E-state index in [0.717, 1.165) is 6.54 Å². The summed E-state index contributed by atoms with van der Waals surface area (Å²) < 4.78 is 14.8. The summed E-state index contributed by atoms with van der Waals surface area (Å²) in [6.45, 7) is 3.15. The van der Waals surface area contributed by atoms with Gasteiger partial charge in [-0.15, -0.1) is 0 Å². The van der Waals surface area contributed by atoms with Crippen LogP contribution in [0.1, 0.15) is 16.1 Å².